The van der Waals surface area contributed by atoms with Crippen LogP contribution in [-0.4, -0.2) is 80.9 Å². The van der Waals surface area contributed by atoms with Crippen LogP contribution < -0.4 is 4.74 Å². The van der Waals surface area contributed by atoms with Crippen molar-refractivity contribution in [3.05, 3.63) is 29.8 Å². The van der Waals surface area contributed by atoms with E-state index in [0.29, 0.717) is 30.8 Å². The first kappa shape index (κ1) is 56.8. The largest absolute Gasteiger partial charge is 0.481 e. The highest BCUT2D eigenvalue weighted by Gasteiger charge is 2.29. The molecule has 0 aliphatic rings. The second kappa shape index (κ2) is 28.8. The van der Waals surface area contributed by atoms with Crippen LogP contribution in [0.25, 0.3) is 0 Å². The maximum atomic E-state index is 11.8. The number of aliphatic carboxylic acids is 1. The van der Waals surface area contributed by atoms with Gasteiger partial charge in [0.15, 0.2) is 0 Å². The Labute approximate surface area is 341 Å². The quantitative estimate of drug-likeness (QED) is 0.0604. The molecule has 1 aromatic carbocycles. The summed E-state index contributed by atoms with van der Waals surface area (Å²) in [5, 5.41) is 8.35. The van der Waals surface area contributed by atoms with Crippen LogP contribution in [0.4, 0.5) is 0 Å². The molecule has 0 amide bonds. The second-order valence-corrected chi connectivity index (χ2v) is 15.6. The van der Waals surface area contributed by atoms with E-state index < -0.39 is 28.7 Å². The number of benzene rings is 1. The molecule has 14 heteroatoms. The van der Waals surface area contributed by atoms with E-state index in [4.69, 9.17) is 24.1 Å². The molecule has 14 nitrogen and oxygen atoms in total. The highest BCUT2D eigenvalue weighted by Crippen LogP contribution is 2.25. The van der Waals surface area contributed by atoms with Crippen LogP contribution in [-0.2, 0) is 52.5 Å². The van der Waals surface area contributed by atoms with Crippen LogP contribution >= 0.6 is 0 Å². The Hall–Kier alpha value is -4.49. The summed E-state index contributed by atoms with van der Waals surface area (Å²) in [4.78, 5) is 78.0. The number of carbonyl (C=O) groups excluding carboxylic acids is 6. The molecule has 0 spiro atoms. The van der Waals surface area contributed by atoms with Gasteiger partial charge in [-0.15, -0.1) is 0 Å². The highest BCUT2D eigenvalue weighted by atomic mass is 16.6. The number of unbranched alkanes of at least 4 members (excludes halogenated alkanes) is 1. The maximum absolute atomic E-state index is 11.8. The molecule has 0 aliphatic heterocycles. The third kappa shape index (κ3) is 25.4. The molecule has 0 unspecified atom stereocenters. The summed E-state index contributed by atoms with van der Waals surface area (Å²) in [5.41, 5.74) is -1.26. The molecular weight excluding hydrogens is 740 g/mol. The fourth-order valence-electron chi connectivity index (χ4n) is 3.15. The summed E-state index contributed by atoms with van der Waals surface area (Å²) in [5.74, 6) is -2.48. The van der Waals surface area contributed by atoms with Crippen molar-refractivity contribution in [1.82, 2.24) is 0 Å². The predicted molar refractivity (Wildman–Crippen MR) is 216 cm³/mol. The van der Waals surface area contributed by atoms with Crippen LogP contribution in [0.15, 0.2) is 24.3 Å². The van der Waals surface area contributed by atoms with Crippen molar-refractivity contribution in [3.8, 4) is 5.75 Å². The zero-order valence-electron chi connectivity index (χ0n) is 37.3. The summed E-state index contributed by atoms with van der Waals surface area (Å²) in [6, 6.07) is 6.28. The lowest BCUT2D eigenvalue weighted by atomic mass is 9.91. The normalized spacial score (nSPS) is 11.0. The third-order valence-corrected chi connectivity index (χ3v) is 9.27. The smallest absolute Gasteiger partial charge is 0.337 e. The number of rotatable bonds is 19. The van der Waals surface area contributed by atoms with Gasteiger partial charge in [-0.25, -0.2) is 4.79 Å². The summed E-state index contributed by atoms with van der Waals surface area (Å²) < 4.78 is 29.1. The lowest BCUT2D eigenvalue weighted by Gasteiger charge is -2.20. The van der Waals surface area contributed by atoms with E-state index in [-0.39, 0.29) is 60.8 Å². The first-order valence-electron chi connectivity index (χ1n) is 19.5. The zero-order chi connectivity index (χ0) is 45.0. The molecule has 1 rings (SSSR count). The average molecular weight is 813 g/mol. The Bertz CT molecular complexity index is 1370. The summed E-state index contributed by atoms with van der Waals surface area (Å²) in [7, 11) is 2.74. The number of hydrogen-bond donors (Lipinski definition) is 1. The van der Waals surface area contributed by atoms with E-state index in [9.17, 15) is 33.6 Å². The molecule has 0 saturated carbocycles. The van der Waals surface area contributed by atoms with Crippen molar-refractivity contribution in [2.24, 2.45) is 21.7 Å². The Kier molecular flexibility index (Phi) is 28.8. The molecule has 0 saturated heterocycles. The molecule has 0 bridgehead atoms. The minimum atomic E-state index is -1.05. The molecule has 0 atom stereocenters. The lowest BCUT2D eigenvalue weighted by molar-refractivity contribution is -0.159. The van der Waals surface area contributed by atoms with Crippen LogP contribution in [0.1, 0.15) is 152 Å². The molecule has 0 aromatic heterocycles. The molecule has 0 fully saturated rings. The number of hydrogen-bond acceptors (Lipinski definition) is 13. The topological polar surface area (TPSA) is 195 Å². The van der Waals surface area contributed by atoms with Gasteiger partial charge in [0.25, 0.3) is 0 Å². The van der Waals surface area contributed by atoms with Crippen LogP contribution in [0, 0.1) is 21.7 Å². The van der Waals surface area contributed by atoms with Crippen LogP contribution in [0.5, 0.6) is 5.75 Å². The van der Waals surface area contributed by atoms with Gasteiger partial charge in [-0.2, -0.15) is 0 Å². The standard InChI is InChI=1S/C14H18O4.C12H20O6.C10H20O2.C7H14O2/c1-5-14(2,3)13(16)18-11-8-6-10(7-9-11)12(15)17-4;1-4-12(2,3)11(16)18-8-7-17-10(15)6-5-9(13)14;1-5-7-8-12-9(11)10(3,4)6-2;1-5-7(2,3)6(8)9-4/h6-9H,5H2,1-4H3;4-8H2,1-3H3,(H,13,14);5-8H2,1-4H3;5H2,1-4H3. The fourth-order valence-corrected chi connectivity index (χ4v) is 3.15. The van der Waals surface area contributed by atoms with E-state index in [1.165, 1.54) is 14.2 Å². The van der Waals surface area contributed by atoms with Gasteiger partial charge in [0.2, 0.25) is 0 Å². The third-order valence-electron chi connectivity index (χ3n) is 9.27. The Balaban J connectivity index is -0.000000707. The molecule has 1 aromatic rings. The van der Waals surface area contributed by atoms with E-state index in [1.807, 2.05) is 69.2 Å². The summed E-state index contributed by atoms with van der Waals surface area (Å²) in [6.07, 6.45) is 4.60. The fraction of sp³-hybridized carbons (Fsp3) is 0.698. The minimum Gasteiger partial charge on any atom is -0.481 e. The van der Waals surface area contributed by atoms with Gasteiger partial charge in [0.05, 0.1) is 60.9 Å². The Morgan fingerprint density at radius 3 is 1.30 bits per heavy atom. The first-order valence-corrected chi connectivity index (χ1v) is 19.5. The van der Waals surface area contributed by atoms with E-state index >= 15 is 0 Å². The number of ether oxygens (including phenoxy) is 6. The van der Waals surface area contributed by atoms with Crippen molar-refractivity contribution in [2.75, 3.05) is 34.0 Å². The van der Waals surface area contributed by atoms with Crippen molar-refractivity contribution >= 4 is 41.8 Å². The molecule has 1 N–H and O–H groups in total. The van der Waals surface area contributed by atoms with Gasteiger partial charge in [0, 0.05) is 0 Å². The molecule has 0 radical (unpaired) electrons. The van der Waals surface area contributed by atoms with Crippen LogP contribution in [0.2, 0.25) is 0 Å². The van der Waals surface area contributed by atoms with Gasteiger partial charge in [0.1, 0.15) is 19.0 Å². The number of methoxy groups -OCH3 is 2. The minimum absolute atomic E-state index is 0.0128. The molecular formula is C43H72O14. The molecule has 0 aliphatic carbocycles. The highest BCUT2D eigenvalue weighted by molar-refractivity contribution is 5.89. The Morgan fingerprint density at radius 2 is 0.930 bits per heavy atom. The van der Waals surface area contributed by atoms with Gasteiger partial charge >= 0.3 is 41.8 Å². The maximum Gasteiger partial charge on any atom is 0.337 e. The number of carbonyl (C=O) groups is 7. The molecule has 0 heterocycles. The molecule has 328 valence electrons. The zero-order valence-corrected chi connectivity index (χ0v) is 37.3. The summed E-state index contributed by atoms with van der Waals surface area (Å²) in [6.45, 7) is 25.2. The van der Waals surface area contributed by atoms with Gasteiger partial charge in [-0.05, 0) is 112 Å². The van der Waals surface area contributed by atoms with E-state index in [1.54, 1.807) is 38.1 Å². The van der Waals surface area contributed by atoms with Gasteiger partial charge in [-0.3, -0.25) is 28.8 Å². The second-order valence-electron chi connectivity index (χ2n) is 15.6. The predicted octanol–water partition coefficient (Wildman–Crippen LogP) is 8.55. The monoisotopic (exact) mass is 812 g/mol. The SMILES string of the molecule is CCC(C)(C)C(=O)OC.CCC(C)(C)C(=O)OCCOC(=O)CCC(=O)O.CCC(C)(C)C(=O)Oc1ccc(C(=O)OC)cc1.CCCCOC(=O)C(C)(C)CC. The van der Waals surface area contributed by atoms with Gasteiger partial charge in [-0.1, -0.05) is 41.0 Å². The van der Waals surface area contributed by atoms with Crippen molar-refractivity contribution in [1.29, 1.82) is 0 Å². The van der Waals surface area contributed by atoms with Crippen molar-refractivity contribution < 1.29 is 67.1 Å². The number of esters is 6. The first-order chi connectivity index (χ1) is 26.3. The summed E-state index contributed by atoms with van der Waals surface area (Å²) >= 11 is 0. The number of carboxylic acid groups (broad SMARTS) is 1. The Morgan fingerprint density at radius 1 is 0.526 bits per heavy atom. The van der Waals surface area contributed by atoms with E-state index in [0.717, 1.165) is 25.7 Å². The van der Waals surface area contributed by atoms with Crippen LogP contribution in [0.3, 0.4) is 0 Å². The lowest BCUT2D eigenvalue weighted by Crippen LogP contribution is -2.28. The average Bonchev–Trinajstić information content (AvgIpc) is 3.18. The van der Waals surface area contributed by atoms with E-state index in [2.05, 4.69) is 16.4 Å². The van der Waals surface area contributed by atoms with Crippen molar-refractivity contribution in [2.45, 2.75) is 141 Å². The molecule has 57 heavy (non-hydrogen) atoms. The number of carboxylic acids is 1. The van der Waals surface area contributed by atoms with Gasteiger partial charge < -0.3 is 33.5 Å². The van der Waals surface area contributed by atoms with Crippen molar-refractivity contribution in [3.63, 3.8) is 0 Å².